The summed E-state index contributed by atoms with van der Waals surface area (Å²) < 4.78 is 13.0. The molecule has 0 radical (unpaired) electrons. The second kappa shape index (κ2) is 9.03. The normalized spacial score (nSPS) is 22.9. The number of carbonyl (C=O) groups is 2. The van der Waals surface area contributed by atoms with Crippen LogP contribution in [0.2, 0.25) is 0 Å². The summed E-state index contributed by atoms with van der Waals surface area (Å²) in [4.78, 5) is 30.2. The molecule has 0 bridgehead atoms. The van der Waals surface area contributed by atoms with Crippen LogP contribution in [0.1, 0.15) is 56.2 Å². The third-order valence-corrected chi connectivity index (χ3v) is 7.12. The van der Waals surface area contributed by atoms with Gasteiger partial charge in [0.25, 0.3) is 0 Å². The van der Waals surface area contributed by atoms with E-state index in [9.17, 15) is 9.59 Å². The van der Waals surface area contributed by atoms with Gasteiger partial charge in [-0.1, -0.05) is 6.42 Å². The van der Waals surface area contributed by atoms with Crippen molar-refractivity contribution < 1.29 is 19.1 Å². The summed E-state index contributed by atoms with van der Waals surface area (Å²) in [7, 11) is 3.16. The Labute approximate surface area is 193 Å². The molecule has 2 saturated heterocycles. The van der Waals surface area contributed by atoms with E-state index in [2.05, 4.69) is 14.8 Å². The smallest absolute Gasteiger partial charge is 0.228 e. The van der Waals surface area contributed by atoms with Crippen molar-refractivity contribution in [1.82, 2.24) is 19.7 Å². The molecular weight excluding hydrogens is 422 g/mol. The number of aromatic nitrogens is 3. The number of anilines is 1. The number of aryl methyl sites for hydroxylation is 1. The van der Waals surface area contributed by atoms with Crippen LogP contribution in [-0.2, 0) is 22.6 Å². The van der Waals surface area contributed by atoms with E-state index in [1.807, 2.05) is 4.90 Å². The fraction of sp³-hybridized carbons (Fsp3) is 0.583. The highest BCUT2D eigenvalue weighted by Gasteiger charge is 2.42. The van der Waals surface area contributed by atoms with Crippen molar-refractivity contribution in [1.29, 1.82) is 0 Å². The number of likely N-dealkylation sites (tertiary alicyclic amines) is 1. The highest BCUT2D eigenvalue weighted by Crippen LogP contribution is 2.39. The first-order valence-corrected chi connectivity index (χ1v) is 11.9. The summed E-state index contributed by atoms with van der Waals surface area (Å²) in [6.07, 6.45) is 6.42. The second-order valence-corrected chi connectivity index (χ2v) is 9.07. The average molecular weight is 454 g/mol. The molecular formula is C24H31N5O4. The van der Waals surface area contributed by atoms with Crippen molar-refractivity contribution in [2.45, 2.75) is 57.5 Å². The molecule has 9 heteroatoms. The van der Waals surface area contributed by atoms with Crippen molar-refractivity contribution in [3.05, 3.63) is 29.8 Å². The molecule has 2 atom stereocenters. The first-order valence-electron chi connectivity index (χ1n) is 11.9. The summed E-state index contributed by atoms with van der Waals surface area (Å²) >= 11 is 0. The Morgan fingerprint density at radius 1 is 1.06 bits per heavy atom. The lowest BCUT2D eigenvalue weighted by molar-refractivity contribution is -0.136. The van der Waals surface area contributed by atoms with Crippen molar-refractivity contribution in [2.24, 2.45) is 5.92 Å². The van der Waals surface area contributed by atoms with E-state index in [-0.39, 0.29) is 30.2 Å². The lowest BCUT2D eigenvalue weighted by atomic mass is 10.1. The molecule has 0 N–H and O–H groups in total. The Balaban J connectivity index is 1.36. The maximum absolute atomic E-state index is 13.6. The van der Waals surface area contributed by atoms with Crippen molar-refractivity contribution in [2.75, 3.05) is 32.2 Å². The third-order valence-electron chi connectivity index (χ3n) is 7.12. The quantitative estimate of drug-likeness (QED) is 0.692. The number of carbonyl (C=O) groups excluding carboxylic acids is 2. The van der Waals surface area contributed by atoms with E-state index in [1.165, 1.54) is 6.42 Å². The van der Waals surface area contributed by atoms with Gasteiger partial charge in [0, 0.05) is 38.5 Å². The summed E-state index contributed by atoms with van der Waals surface area (Å²) in [6.45, 7) is 1.95. The Bertz CT molecular complexity index is 1050. The molecule has 2 fully saturated rings. The minimum absolute atomic E-state index is 0.0289. The molecule has 2 aromatic rings. The summed E-state index contributed by atoms with van der Waals surface area (Å²) in [5, 5.41) is 8.95. The predicted octanol–water partition coefficient (Wildman–Crippen LogP) is 2.74. The van der Waals surface area contributed by atoms with E-state index >= 15 is 0 Å². The molecule has 4 heterocycles. The molecule has 2 unspecified atom stereocenters. The van der Waals surface area contributed by atoms with Gasteiger partial charge in [0.05, 0.1) is 31.9 Å². The summed E-state index contributed by atoms with van der Waals surface area (Å²) in [6, 6.07) is 5.30. The fourth-order valence-corrected chi connectivity index (χ4v) is 5.40. The number of benzene rings is 1. The molecule has 5 rings (SSSR count). The molecule has 1 aromatic heterocycles. The monoisotopic (exact) mass is 453 g/mol. The SMILES string of the molecule is COc1ccc(OC)c(N2CC(C(=O)N3CCCC3c3nnc4n3CCCCC4)CC2=O)c1. The topological polar surface area (TPSA) is 89.8 Å². The van der Waals surface area contributed by atoms with Crippen LogP contribution in [0.25, 0.3) is 0 Å². The Hall–Kier alpha value is -3.10. The van der Waals surface area contributed by atoms with E-state index in [0.717, 1.165) is 50.3 Å². The molecule has 176 valence electrons. The van der Waals surface area contributed by atoms with Gasteiger partial charge in [0.2, 0.25) is 11.8 Å². The molecule has 9 nitrogen and oxygen atoms in total. The van der Waals surface area contributed by atoms with Gasteiger partial charge in [0.1, 0.15) is 17.3 Å². The first-order chi connectivity index (χ1) is 16.1. The zero-order valence-electron chi connectivity index (χ0n) is 19.3. The number of nitrogens with zero attached hydrogens (tertiary/aromatic N) is 5. The fourth-order valence-electron chi connectivity index (χ4n) is 5.40. The number of amides is 2. The van der Waals surface area contributed by atoms with E-state index < -0.39 is 0 Å². The van der Waals surface area contributed by atoms with Crippen LogP contribution in [0.5, 0.6) is 11.5 Å². The number of rotatable bonds is 5. The maximum Gasteiger partial charge on any atom is 0.228 e. The van der Waals surface area contributed by atoms with Crippen molar-refractivity contribution in [3.8, 4) is 11.5 Å². The van der Waals surface area contributed by atoms with Gasteiger partial charge >= 0.3 is 0 Å². The van der Waals surface area contributed by atoms with Crippen LogP contribution >= 0.6 is 0 Å². The largest absolute Gasteiger partial charge is 0.497 e. The van der Waals surface area contributed by atoms with Gasteiger partial charge in [-0.3, -0.25) is 9.59 Å². The van der Waals surface area contributed by atoms with Gasteiger partial charge < -0.3 is 23.8 Å². The predicted molar refractivity (Wildman–Crippen MR) is 121 cm³/mol. The highest BCUT2D eigenvalue weighted by molar-refractivity contribution is 6.01. The minimum Gasteiger partial charge on any atom is -0.497 e. The van der Waals surface area contributed by atoms with Gasteiger partial charge in [-0.05, 0) is 37.8 Å². The van der Waals surface area contributed by atoms with Gasteiger partial charge in [-0.2, -0.15) is 0 Å². The average Bonchev–Trinajstić information content (AvgIpc) is 3.53. The number of methoxy groups -OCH3 is 2. The molecule has 0 aliphatic carbocycles. The summed E-state index contributed by atoms with van der Waals surface area (Å²) in [5.41, 5.74) is 0.637. The standard InChI is InChI=1S/C24H31N5O4/c1-32-17-9-10-20(33-2)19(14-17)29-15-16(13-22(29)30)24(31)27-12-6-7-18(27)23-26-25-21-8-4-3-5-11-28(21)23/h9-10,14,16,18H,3-8,11-13,15H2,1-2H3. The molecule has 3 aliphatic rings. The van der Waals surface area contributed by atoms with Crippen molar-refractivity contribution in [3.63, 3.8) is 0 Å². The Kier molecular flexibility index (Phi) is 5.95. The highest BCUT2D eigenvalue weighted by atomic mass is 16.5. The van der Waals surface area contributed by atoms with Crippen LogP contribution in [0, 0.1) is 5.92 Å². The minimum atomic E-state index is -0.388. The maximum atomic E-state index is 13.6. The molecule has 2 amide bonds. The number of hydrogen-bond acceptors (Lipinski definition) is 6. The van der Waals surface area contributed by atoms with Gasteiger partial charge in [-0.15, -0.1) is 10.2 Å². The Morgan fingerprint density at radius 2 is 1.94 bits per heavy atom. The van der Waals surface area contributed by atoms with Crippen LogP contribution < -0.4 is 14.4 Å². The molecule has 0 saturated carbocycles. The zero-order chi connectivity index (χ0) is 22.9. The Morgan fingerprint density at radius 3 is 2.76 bits per heavy atom. The second-order valence-electron chi connectivity index (χ2n) is 9.07. The van der Waals surface area contributed by atoms with Crippen LogP contribution in [0.15, 0.2) is 18.2 Å². The third kappa shape index (κ3) is 3.94. The number of ether oxygens (including phenoxy) is 2. The molecule has 0 spiro atoms. The summed E-state index contributed by atoms with van der Waals surface area (Å²) in [5.74, 6) is 2.74. The molecule has 33 heavy (non-hydrogen) atoms. The molecule has 3 aliphatic heterocycles. The zero-order valence-corrected chi connectivity index (χ0v) is 19.3. The van der Waals surface area contributed by atoms with E-state index in [4.69, 9.17) is 9.47 Å². The number of hydrogen-bond donors (Lipinski definition) is 0. The van der Waals surface area contributed by atoms with E-state index in [0.29, 0.717) is 30.3 Å². The molecule has 1 aromatic carbocycles. The van der Waals surface area contributed by atoms with E-state index in [1.54, 1.807) is 37.3 Å². The van der Waals surface area contributed by atoms with Crippen molar-refractivity contribution >= 4 is 17.5 Å². The van der Waals surface area contributed by atoms with Gasteiger partial charge in [-0.25, -0.2) is 0 Å². The first kappa shape index (κ1) is 21.7. The van der Waals surface area contributed by atoms with Crippen LogP contribution in [0.4, 0.5) is 5.69 Å². The van der Waals surface area contributed by atoms with Crippen LogP contribution in [0.3, 0.4) is 0 Å². The number of fused-ring (bicyclic) bond motifs is 1. The lowest BCUT2D eigenvalue weighted by Crippen LogP contribution is -2.38. The lowest BCUT2D eigenvalue weighted by Gasteiger charge is -2.27. The van der Waals surface area contributed by atoms with Gasteiger partial charge in [0.15, 0.2) is 5.82 Å². The van der Waals surface area contributed by atoms with Crippen LogP contribution in [-0.4, -0.2) is 58.8 Å².